The summed E-state index contributed by atoms with van der Waals surface area (Å²) in [6.07, 6.45) is 51.5. The predicted molar refractivity (Wildman–Crippen MR) is 494 cm³/mol. The number of nitrogens with zero attached hydrogens (tertiary/aromatic N) is 3. The first-order valence-corrected chi connectivity index (χ1v) is 50.4. The van der Waals surface area contributed by atoms with Gasteiger partial charge in [-0.2, -0.15) is 0 Å². The van der Waals surface area contributed by atoms with Gasteiger partial charge in [0.05, 0.1) is 74.9 Å². The van der Waals surface area contributed by atoms with Crippen LogP contribution in [-0.2, 0) is 95.3 Å². The molecule has 0 amide bonds. The van der Waals surface area contributed by atoms with E-state index in [-0.39, 0.29) is 190 Å². The number of hydrogen-bond acceptors (Lipinski definition) is 25. The molecule has 0 spiro atoms. The van der Waals surface area contributed by atoms with Gasteiger partial charge in [-0.1, -0.05) is 326 Å². The molecule has 25 nitrogen and oxygen atoms in total. The van der Waals surface area contributed by atoms with E-state index in [1.54, 1.807) is 0 Å². The van der Waals surface area contributed by atoms with Crippen molar-refractivity contribution in [1.29, 1.82) is 0 Å². The van der Waals surface area contributed by atoms with Crippen molar-refractivity contribution in [1.82, 2.24) is 25.3 Å². The van der Waals surface area contributed by atoms with Crippen LogP contribution in [0.2, 0.25) is 0 Å². The van der Waals surface area contributed by atoms with E-state index in [1.165, 1.54) is 167 Å². The minimum atomic E-state index is -0.474. The van der Waals surface area contributed by atoms with E-state index in [0.717, 1.165) is 122 Å². The standard InChI is InChI=1S/C99H185N5O20/c1-11-16-21-26-31-36-41-46-52-85(6)95(110)120-76-51-75-115-90(105)61-70-104(73-64-100-62-71-102(66-57-91(106)116-77-81-121-96(111)86(7)53-47-42-37-32-27-22-17-12-2)67-58-92(107)117-78-82-122-97(112)87(8)54-48-43-38-33-28-23-18-13-3)74-65-101-63-72-103(68-59-93(108)118-79-83-123-98(113)88(9)55-49-44-39-34-29-24-19-14-4)69-60-94(109)119-80-84-124-99(114)89(10)56-50-45-40-35-30-25-20-15-5/h85-89,100-101H,11-84H2,1-10H3. The highest BCUT2D eigenvalue weighted by Gasteiger charge is 2.22. The largest absolute Gasteiger partial charge is 0.466 e. The first kappa shape index (κ1) is 118. The van der Waals surface area contributed by atoms with Crippen LogP contribution < -0.4 is 10.6 Å². The monoisotopic (exact) mass is 1760 g/mol. The molecule has 2 N–H and O–H groups in total. The van der Waals surface area contributed by atoms with Crippen molar-refractivity contribution in [3.63, 3.8) is 0 Å². The van der Waals surface area contributed by atoms with Gasteiger partial charge in [-0.25, -0.2) is 0 Å². The van der Waals surface area contributed by atoms with Crippen LogP contribution in [-0.4, -0.2) is 226 Å². The second-order valence-electron chi connectivity index (χ2n) is 34.9. The molecule has 0 aromatic heterocycles. The molecule has 0 heterocycles. The maximum atomic E-state index is 13.3. The first-order valence-electron chi connectivity index (χ1n) is 50.4. The number of carbonyl (C=O) groups is 10. The fraction of sp³-hybridized carbons (Fsp3) is 0.899. The van der Waals surface area contributed by atoms with E-state index < -0.39 is 23.9 Å². The van der Waals surface area contributed by atoms with Gasteiger partial charge in [0.25, 0.3) is 0 Å². The van der Waals surface area contributed by atoms with Gasteiger partial charge in [0.1, 0.15) is 52.9 Å². The normalized spacial score (nSPS) is 12.7. The molecule has 0 rings (SSSR count). The van der Waals surface area contributed by atoms with Crippen molar-refractivity contribution in [2.45, 2.75) is 397 Å². The van der Waals surface area contributed by atoms with Crippen LogP contribution in [0.3, 0.4) is 0 Å². The fourth-order valence-corrected chi connectivity index (χ4v) is 14.6. The van der Waals surface area contributed by atoms with E-state index in [1.807, 2.05) is 44.4 Å². The minimum Gasteiger partial charge on any atom is -0.466 e. The molecule has 0 fully saturated rings. The summed E-state index contributed by atoms with van der Waals surface area (Å²) >= 11 is 0. The smallest absolute Gasteiger partial charge is 0.308 e. The lowest BCUT2D eigenvalue weighted by Crippen LogP contribution is -2.41. The summed E-state index contributed by atoms with van der Waals surface area (Å²) in [6, 6.07) is 0. The third-order valence-electron chi connectivity index (χ3n) is 23.2. The van der Waals surface area contributed by atoms with Crippen molar-refractivity contribution in [2.24, 2.45) is 29.6 Å². The Bertz CT molecular complexity index is 2330. The zero-order valence-corrected chi connectivity index (χ0v) is 80.7. The number of carbonyl (C=O) groups excluding carboxylic acids is 10. The number of rotatable bonds is 93. The van der Waals surface area contributed by atoms with Gasteiger partial charge in [0, 0.05) is 91.5 Å². The molecule has 726 valence electrons. The number of unbranched alkanes of at least 4 members (excludes halogenated alkanes) is 35. The van der Waals surface area contributed by atoms with Gasteiger partial charge in [0.15, 0.2) is 0 Å². The Hall–Kier alpha value is -5.50. The van der Waals surface area contributed by atoms with Gasteiger partial charge in [-0.3, -0.25) is 47.9 Å². The highest BCUT2D eigenvalue weighted by molar-refractivity contribution is 5.75. The van der Waals surface area contributed by atoms with Crippen molar-refractivity contribution in [2.75, 3.05) is 151 Å². The van der Waals surface area contributed by atoms with Crippen molar-refractivity contribution in [3.05, 3.63) is 0 Å². The van der Waals surface area contributed by atoms with Gasteiger partial charge in [-0.05, 0) is 32.1 Å². The molecule has 0 radical (unpaired) electrons. The van der Waals surface area contributed by atoms with Crippen LogP contribution in [0.4, 0.5) is 0 Å². The molecule has 124 heavy (non-hydrogen) atoms. The maximum Gasteiger partial charge on any atom is 0.308 e. The van der Waals surface area contributed by atoms with Crippen molar-refractivity contribution in [3.8, 4) is 0 Å². The quantitative estimate of drug-likeness (QED) is 0.0325. The second kappa shape index (κ2) is 88.2. The lowest BCUT2D eigenvalue weighted by atomic mass is 10.0. The topological polar surface area (TPSA) is 297 Å². The Kier molecular flexibility index (Phi) is 84.2. The lowest BCUT2D eigenvalue weighted by molar-refractivity contribution is -0.155. The second-order valence-corrected chi connectivity index (χ2v) is 34.9. The molecule has 0 aliphatic rings. The molecule has 0 bridgehead atoms. The van der Waals surface area contributed by atoms with Crippen LogP contribution >= 0.6 is 0 Å². The molecular formula is C99H185N5O20. The highest BCUT2D eigenvalue weighted by Crippen LogP contribution is 2.21. The van der Waals surface area contributed by atoms with E-state index in [4.69, 9.17) is 47.4 Å². The molecule has 5 atom stereocenters. The lowest BCUT2D eigenvalue weighted by Gasteiger charge is -2.25. The number of nitrogens with one attached hydrogen (secondary N) is 2. The third-order valence-corrected chi connectivity index (χ3v) is 23.2. The highest BCUT2D eigenvalue weighted by atomic mass is 16.6. The van der Waals surface area contributed by atoms with E-state index in [0.29, 0.717) is 65.3 Å². The Morgan fingerprint density at radius 2 is 0.347 bits per heavy atom. The summed E-state index contributed by atoms with van der Waals surface area (Å²) in [5, 5.41) is 7.01. The van der Waals surface area contributed by atoms with Crippen LogP contribution in [0, 0.1) is 29.6 Å². The number of hydrogen-bond donors (Lipinski definition) is 2. The summed E-state index contributed by atoms with van der Waals surface area (Å²) in [5.41, 5.74) is 0. The van der Waals surface area contributed by atoms with Crippen LogP contribution in [0.1, 0.15) is 397 Å². The average molecular weight is 1770 g/mol. The summed E-state index contributed by atoms with van der Waals surface area (Å²) in [5.74, 6) is -4.95. The molecule has 5 unspecified atom stereocenters. The average Bonchev–Trinajstić information content (AvgIpc) is 0.894. The third kappa shape index (κ3) is 77.6. The van der Waals surface area contributed by atoms with Gasteiger partial charge in [0.2, 0.25) is 0 Å². The summed E-state index contributed by atoms with van der Waals surface area (Å²) in [4.78, 5) is 136. The van der Waals surface area contributed by atoms with Gasteiger partial charge < -0.3 is 72.7 Å². The molecule has 0 aromatic carbocycles. The Morgan fingerprint density at radius 1 is 0.194 bits per heavy atom. The Balaban J connectivity index is 6.21. The van der Waals surface area contributed by atoms with E-state index >= 15 is 0 Å². The van der Waals surface area contributed by atoms with Crippen molar-refractivity contribution >= 4 is 59.7 Å². The molecule has 25 heteroatoms. The molecule has 0 aliphatic heterocycles. The zero-order chi connectivity index (χ0) is 91.2. The van der Waals surface area contributed by atoms with E-state index in [9.17, 15) is 47.9 Å². The Morgan fingerprint density at radius 3 is 0.548 bits per heavy atom. The number of esters is 10. The van der Waals surface area contributed by atoms with Crippen LogP contribution in [0.15, 0.2) is 0 Å². The number of ether oxygens (including phenoxy) is 10. The summed E-state index contributed by atoms with van der Waals surface area (Å²) < 4.78 is 55.2. The molecule has 0 saturated carbocycles. The zero-order valence-electron chi connectivity index (χ0n) is 80.7. The first-order chi connectivity index (χ1) is 60.2. The van der Waals surface area contributed by atoms with Gasteiger partial charge in [-0.15, -0.1) is 0 Å². The predicted octanol–water partition coefficient (Wildman–Crippen LogP) is 19.7. The Labute approximate surface area is 754 Å². The van der Waals surface area contributed by atoms with Crippen LogP contribution in [0.25, 0.3) is 0 Å². The molecule has 0 aromatic rings. The van der Waals surface area contributed by atoms with Gasteiger partial charge >= 0.3 is 59.7 Å². The molecule has 0 saturated heterocycles. The molecule has 0 aliphatic carbocycles. The van der Waals surface area contributed by atoms with Crippen molar-refractivity contribution < 1.29 is 95.3 Å². The fourth-order valence-electron chi connectivity index (χ4n) is 14.6. The minimum absolute atomic E-state index is 0.0142. The van der Waals surface area contributed by atoms with Crippen LogP contribution in [0.5, 0.6) is 0 Å². The summed E-state index contributed by atoms with van der Waals surface area (Å²) in [6.45, 7) is 25.5. The maximum absolute atomic E-state index is 13.3. The van der Waals surface area contributed by atoms with E-state index in [2.05, 4.69) is 50.2 Å². The summed E-state index contributed by atoms with van der Waals surface area (Å²) in [7, 11) is 0. The molecular weight excluding hydrogens is 1580 g/mol. The SMILES string of the molecule is CCCCCCCCCCC(C)C(=O)OCCCOC(=O)CCN(CCNCCN(CCC(=O)OCCOC(=O)C(C)CCCCCCCCCC)CCC(=O)OCCOC(=O)C(C)CCCCCCCCCC)CCNCCN(CCC(=O)OCCOC(=O)C(C)CCCCCCCCCC)CCC(=O)OCCOC(=O)C(C)CCCCCCCCCC.